The van der Waals surface area contributed by atoms with Gasteiger partial charge in [-0.2, -0.15) is 10.4 Å². The van der Waals surface area contributed by atoms with Crippen LogP contribution in [-0.2, 0) is 11.8 Å². The number of hydrazone groups is 1. The first-order valence-corrected chi connectivity index (χ1v) is 8.47. The van der Waals surface area contributed by atoms with Gasteiger partial charge in [0.25, 0.3) is 11.5 Å². The second-order valence-corrected chi connectivity index (χ2v) is 5.94. The molecule has 140 valence electrons. The standard InChI is InChI=1S/C20H18N6O2/c1-14-18(20(28)26(25(14)2)16-11-7-4-8-12-16)22-19(27)17(13-21)24-23-15-9-5-3-6-10-15/h3-12,23H,1-2H3,(H,22,27)/b24-17-. The van der Waals surface area contributed by atoms with E-state index in [1.807, 2.05) is 24.3 Å². The topological polar surface area (TPSA) is 104 Å². The molecular formula is C20H18N6O2. The third-order valence-corrected chi connectivity index (χ3v) is 4.18. The van der Waals surface area contributed by atoms with Crippen molar-refractivity contribution in [3.8, 4) is 11.8 Å². The van der Waals surface area contributed by atoms with Crippen molar-refractivity contribution in [2.75, 3.05) is 10.7 Å². The van der Waals surface area contributed by atoms with Crippen LogP contribution in [0.15, 0.2) is 70.6 Å². The molecule has 1 aromatic heterocycles. The Balaban J connectivity index is 1.88. The van der Waals surface area contributed by atoms with Gasteiger partial charge in [0.15, 0.2) is 0 Å². The Morgan fingerprint density at radius 1 is 1.07 bits per heavy atom. The van der Waals surface area contributed by atoms with Crippen LogP contribution in [0.2, 0.25) is 0 Å². The number of nitrogens with one attached hydrogen (secondary N) is 2. The SMILES string of the molecule is Cc1c(NC(=O)/C(C#N)=N\Nc2ccccc2)c(=O)n(-c2ccccc2)n1C. The number of carbonyl (C=O) groups is 1. The van der Waals surface area contributed by atoms with Gasteiger partial charge in [-0.05, 0) is 31.2 Å². The normalized spacial score (nSPS) is 11.0. The third-order valence-electron chi connectivity index (χ3n) is 4.18. The molecule has 1 heterocycles. The van der Waals surface area contributed by atoms with Crippen LogP contribution in [0, 0.1) is 18.3 Å². The maximum Gasteiger partial charge on any atom is 0.295 e. The van der Waals surface area contributed by atoms with E-state index in [2.05, 4.69) is 15.8 Å². The summed E-state index contributed by atoms with van der Waals surface area (Å²) in [5, 5.41) is 15.6. The maximum absolute atomic E-state index is 12.8. The monoisotopic (exact) mass is 374 g/mol. The van der Waals surface area contributed by atoms with Crippen molar-refractivity contribution in [2.24, 2.45) is 12.1 Å². The van der Waals surface area contributed by atoms with Gasteiger partial charge < -0.3 is 5.32 Å². The van der Waals surface area contributed by atoms with Crippen LogP contribution in [0.4, 0.5) is 11.4 Å². The van der Waals surface area contributed by atoms with Crippen molar-refractivity contribution >= 4 is 23.0 Å². The summed E-state index contributed by atoms with van der Waals surface area (Å²) < 4.78 is 3.08. The maximum atomic E-state index is 12.8. The van der Waals surface area contributed by atoms with Crippen LogP contribution in [0.1, 0.15) is 5.69 Å². The second kappa shape index (κ2) is 8.05. The third kappa shape index (κ3) is 3.68. The Labute approximate surface area is 161 Å². The van der Waals surface area contributed by atoms with Crippen molar-refractivity contribution in [1.29, 1.82) is 5.26 Å². The summed E-state index contributed by atoms with van der Waals surface area (Å²) in [7, 11) is 1.72. The molecule has 0 saturated heterocycles. The van der Waals surface area contributed by atoms with Crippen LogP contribution in [0.5, 0.6) is 0 Å². The molecule has 28 heavy (non-hydrogen) atoms. The Bertz CT molecular complexity index is 1120. The molecule has 8 heteroatoms. The smallest absolute Gasteiger partial charge is 0.295 e. The van der Waals surface area contributed by atoms with Gasteiger partial charge in [0, 0.05) is 7.05 Å². The molecule has 1 amide bonds. The van der Waals surface area contributed by atoms with E-state index >= 15 is 0 Å². The molecule has 2 aromatic carbocycles. The van der Waals surface area contributed by atoms with Crippen LogP contribution >= 0.6 is 0 Å². The molecule has 0 radical (unpaired) electrons. The largest absolute Gasteiger partial charge is 0.314 e. The highest BCUT2D eigenvalue weighted by molar-refractivity contribution is 6.48. The highest BCUT2D eigenvalue weighted by atomic mass is 16.2. The van der Waals surface area contributed by atoms with Crippen LogP contribution in [0.3, 0.4) is 0 Å². The summed E-state index contributed by atoms with van der Waals surface area (Å²) in [6.07, 6.45) is 0. The van der Waals surface area contributed by atoms with Gasteiger partial charge in [0.05, 0.1) is 17.1 Å². The summed E-state index contributed by atoms with van der Waals surface area (Å²) in [5.41, 5.74) is 3.81. The van der Waals surface area contributed by atoms with Crippen LogP contribution in [-0.4, -0.2) is 21.0 Å². The molecule has 8 nitrogen and oxygen atoms in total. The highest BCUT2D eigenvalue weighted by Crippen LogP contribution is 2.14. The van der Waals surface area contributed by atoms with Gasteiger partial charge in [-0.15, -0.1) is 0 Å². The lowest BCUT2D eigenvalue weighted by molar-refractivity contribution is -0.110. The number of anilines is 2. The van der Waals surface area contributed by atoms with E-state index in [9.17, 15) is 14.9 Å². The van der Waals surface area contributed by atoms with Crippen molar-refractivity contribution in [1.82, 2.24) is 9.36 Å². The first kappa shape index (κ1) is 18.7. The lowest BCUT2D eigenvalue weighted by atomic mass is 10.3. The Kier molecular flexibility index (Phi) is 5.37. The summed E-state index contributed by atoms with van der Waals surface area (Å²) in [4.78, 5) is 25.3. The highest BCUT2D eigenvalue weighted by Gasteiger charge is 2.20. The fraction of sp³-hybridized carbons (Fsp3) is 0.100. The predicted molar refractivity (Wildman–Crippen MR) is 107 cm³/mol. The first-order valence-electron chi connectivity index (χ1n) is 8.47. The van der Waals surface area contributed by atoms with Gasteiger partial charge in [-0.1, -0.05) is 36.4 Å². The minimum atomic E-state index is -0.767. The number of rotatable bonds is 5. The van der Waals surface area contributed by atoms with E-state index in [1.165, 1.54) is 4.68 Å². The number of para-hydroxylation sites is 2. The quantitative estimate of drug-likeness (QED) is 0.528. The van der Waals surface area contributed by atoms with Gasteiger partial charge in [-0.25, -0.2) is 4.68 Å². The first-order chi connectivity index (χ1) is 13.5. The van der Waals surface area contributed by atoms with Gasteiger partial charge in [-0.3, -0.25) is 19.7 Å². The molecule has 0 aliphatic heterocycles. The van der Waals surface area contributed by atoms with Crippen molar-refractivity contribution in [3.05, 3.63) is 76.7 Å². The van der Waals surface area contributed by atoms with E-state index in [1.54, 1.807) is 61.1 Å². The molecule has 0 bridgehead atoms. The number of hydrogen-bond donors (Lipinski definition) is 2. The van der Waals surface area contributed by atoms with E-state index < -0.39 is 17.2 Å². The fourth-order valence-electron chi connectivity index (χ4n) is 2.64. The number of amides is 1. The molecule has 3 rings (SSSR count). The Morgan fingerprint density at radius 3 is 2.29 bits per heavy atom. The van der Waals surface area contributed by atoms with Gasteiger partial charge >= 0.3 is 0 Å². The van der Waals surface area contributed by atoms with Crippen molar-refractivity contribution in [2.45, 2.75) is 6.92 Å². The molecule has 2 N–H and O–H groups in total. The molecule has 0 fully saturated rings. The Morgan fingerprint density at radius 2 is 1.68 bits per heavy atom. The summed E-state index contributed by atoms with van der Waals surface area (Å²) in [6.45, 7) is 1.71. The summed E-state index contributed by atoms with van der Waals surface area (Å²) in [6, 6.07) is 19.7. The average Bonchev–Trinajstić information content (AvgIpc) is 2.93. The molecule has 0 aliphatic carbocycles. The van der Waals surface area contributed by atoms with E-state index in [0.29, 0.717) is 17.1 Å². The molecule has 0 saturated carbocycles. The zero-order valence-electron chi connectivity index (χ0n) is 15.4. The second-order valence-electron chi connectivity index (χ2n) is 5.94. The van der Waals surface area contributed by atoms with Gasteiger partial charge in [0.2, 0.25) is 5.71 Å². The molecule has 0 unspecified atom stereocenters. The number of carbonyl (C=O) groups excluding carboxylic acids is 1. The number of hydrogen-bond acceptors (Lipinski definition) is 5. The zero-order valence-corrected chi connectivity index (χ0v) is 15.4. The average molecular weight is 374 g/mol. The van der Waals surface area contributed by atoms with Crippen LogP contribution in [0.25, 0.3) is 5.69 Å². The zero-order chi connectivity index (χ0) is 20.1. The van der Waals surface area contributed by atoms with Crippen molar-refractivity contribution in [3.63, 3.8) is 0 Å². The van der Waals surface area contributed by atoms with Crippen molar-refractivity contribution < 1.29 is 4.79 Å². The molecule has 0 atom stereocenters. The lowest BCUT2D eigenvalue weighted by Crippen LogP contribution is -2.27. The number of nitriles is 1. The molecule has 0 aliphatic rings. The molecule has 3 aromatic rings. The minimum Gasteiger partial charge on any atom is -0.314 e. The minimum absolute atomic E-state index is 0.0963. The predicted octanol–water partition coefficient (Wildman–Crippen LogP) is 2.41. The number of benzene rings is 2. The Hall–Kier alpha value is -4.12. The van der Waals surface area contributed by atoms with Gasteiger partial charge in [0.1, 0.15) is 11.8 Å². The summed E-state index contributed by atoms with van der Waals surface area (Å²) >= 11 is 0. The number of nitrogens with zero attached hydrogens (tertiary/aromatic N) is 4. The molecular weight excluding hydrogens is 356 g/mol. The molecule has 0 spiro atoms. The fourth-order valence-corrected chi connectivity index (χ4v) is 2.64. The lowest BCUT2D eigenvalue weighted by Gasteiger charge is -2.07. The summed E-state index contributed by atoms with van der Waals surface area (Å²) in [5.74, 6) is -0.767. The number of aromatic nitrogens is 2. The van der Waals surface area contributed by atoms with Crippen LogP contribution < -0.4 is 16.3 Å². The van der Waals surface area contributed by atoms with E-state index in [4.69, 9.17) is 0 Å². The van der Waals surface area contributed by atoms with E-state index in [-0.39, 0.29) is 5.69 Å². The van der Waals surface area contributed by atoms with E-state index in [0.717, 1.165) is 0 Å².